The van der Waals surface area contributed by atoms with Crippen LogP contribution >= 0.6 is 0 Å². The number of rotatable bonds is 34. The average Bonchev–Trinajstić information content (AvgIpc) is 2.94. The number of esters is 1. The van der Waals surface area contributed by atoms with Crippen LogP contribution in [0.5, 0.6) is 0 Å². The van der Waals surface area contributed by atoms with E-state index in [1.165, 1.54) is 193 Å². The minimum atomic E-state index is 0.0286. The van der Waals surface area contributed by atoms with E-state index in [9.17, 15) is 4.79 Å². The van der Waals surface area contributed by atoms with Crippen molar-refractivity contribution in [1.29, 1.82) is 0 Å². The quantitative estimate of drug-likeness (QED) is 0.0588. The zero-order valence-corrected chi connectivity index (χ0v) is 27.4. The number of carbonyl (C=O) groups excluding carboxylic acids is 1. The largest absolute Gasteiger partial charge is 0.466 e. The van der Waals surface area contributed by atoms with Gasteiger partial charge < -0.3 is 4.74 Å². The highest BCUT2D eigenvalue weighted by Gasteiger charge is 2.03. The molecule has 0 N–H and O–H groups in total. The molecular formula is C37H74O2. The summed E-state index contributed by atoms with van der Waals surface area (Å²) in [6.07, 6.45) is 44.6. The smallest absolute Gasteiger partial charge is 0.305 e. The average molecular weight is 551 g/mol. The SMILES string of the molecule is CCCCCCCCCCCCCCCCCCCCOC(=O)CCCCCCCCCCCCCCCC. The molecular weight excluding hydrogens is 476 g/mol. The van der Waals surface area contributed by atoms with Crippen LogP contribution in [0.2, 0.25) is 0 Å². The fourth-order valence-electron chi connectivity index (χ4n) is 5.73. The normalized spacial score (nSPS) is 11.3. The summed E-state index contributed by atoms with van der Waals surface area (Å²) in [5.41, 5.74) is 0. The van der Waals surface area contributed by atoms with E-state index in [4.69, 9.17) is 4.74 Å². The van der Waals surface area contributed by atoms with Crippen molar-refractivity contribution in [1.82, 2.24) is 0 Å². The Labute approximate surface area is 247 Å². The highest BCUT2D eigenvalue weighted by atomic mass is 16.5. The monoisotopic (exact) mass is 551 g/mol. The molecule has 0 saturated carbocycles. The molecule has 0 aromatic heterocycles. The van der Waals surface area contributed by atoms with Crippen molar-refractivity contribution in [3.8, 4) is 0 Å². The topological polar surface area (TPSA) is 26.3 Å². The van der Waals surface area contributed by atoms with Crippen LogP contribution < -0.4 is 0 Å². The number of unbranched alkanes of at least 4 members (excludes halogenated alkanes) is 30. The van der Waals surface area contributed by atoms with Crippen LogP contribution in [0.4, 0.5) is 0 Å². The van der Waals surface area contributed by atoms with Gasteiger partial charge in [-0.25, -0.2) is 0 Å². The molecule has 2 nitrogen and oxygen atoms in total. The Bertz CT molecular complexity index is 447. The minimum Gasteiger partial charge on any atom is -0.466 e. The lowest BCUT2D eigenvalue weighted by Crippen LogP contribution is -2.05. The summed E-state index contributed by atoms with van der Waals surface area (Å²) in [4.78, 5) is 11.9. The third kappa shape index (κ3) is 35.4. The Morgan fingerprint density at radius 2 is 0.564 bits per heavy atom. The molecule has 0 aliphatic heterocycles. The van der Waals surface area contributed by atoms with Gasteiger partial charge in [-0.15, -0.1) is 0 Å². The van der Waals surface area contributed by atoms with Crippen LogP contribution in [0.1, 0.15) is 226 Å². The fourth-order valence-corrected chi connectivity index (χ4v) is 5.73. The molecule has 0 aliphatic carbocycles. The molecule has 0 saturated heterocycles. The van der Waals surface area contributed by atoms with Crippen LogP contribution in [-0.2, 0) is 9.53 Å². The molecule has 0 amide bonds. The highest BCUT2D eigenvalue weighted by molar-refractivity contribution is 5.69. The van der Waals surface area contributed by atoms with Gasteiger partial charge in [-0.3, -0.25) is 4.79 Å². The second-order valence-corrected chi connectivity index (χ2v) is 12.6. The van der Waals surface area contributed by atoms with E-state index in [0.29, 0.717) is 13.0 Å². The number of carbonyl (C=O) groups is 1. The maximum absolute atomic E-state index is 11.9. The van der Waals surface area contributed by atoms with Crippen molar-refractivity contribution in [2.75, 3.05) is 6.61 Å². The number of hydrogen-bond donors (Lipinski definition) is 0. The maximum Gasteiger partial charge on any atom is 0.305 e. The van der Waals surface area contributed by atoms with Crippen molar-refractivity contribution in [2.45, 2.75) is 226 Å². The Balaban J connectivity index is 3.13. The van der Waals surface area contributed by atoms with E-state index in [-0.39, 0.29) is 5.97 Å². The third-order valence-corrected chi connectivity index (χ3v) is 8.50. The Morgan fingerprint density at radius 1 is 0.333 bits per heavy atom. The first kappa shape index (κ1) is 38.5. The molecule has 0 spiro atoms. The first-order chi connectivity index (χ1) is 19.3. The predicted octanol–water partition coefficient (Wildman–Crippen LogP) is 13.4. The second kappa shape index (κ2) is 35.5. The Morgan fingerprint density at radius 3 is 0.846 bits per heavy atom. The molecule has 0 rings (SSSR count). The zero-order chi connectivity index (χ0) is 28.3. The van der Waals surface area contributed by atoms with Crippen LogP contribution in [-0.4, -0.2) is 12.6 Å². The molecule has 0 aromatic carbocycles. The van der Waals surface area contributed by atoms with Gasteiger partial charge in [0.2, 0.25) is 0 Å². The van der Waals surface area contributed by atoms with Gasteiger partial charge >= 0.3 is 5.97 Å². The molecule has 0 radical (unpaired) electrons. The summed E-state index contributed by atoms with van der Waals surface area (Å²) in [5.74, 6) is 0.0286. The van der Waals surface area contributed by atoms with E-state index in [1.807, 2.05) is 0 Å². The molecule has 0 atom stereocenters. The van der Waals surface area contributed by atoms with Crippen LogP contribution in [0.25, 0.3) is 0 Å². The van der Waals surface area contributed by atoms with Gasteiger partial charge in [0.25, 0.3) is 0 Å². The van der Waals surface area contributed by atoms with Crippen molar-refractivity contribution < 1.29 is 9.53 Å². The van der Waals surface area contributed by atoms with Crippen LogP contribution in [0.15, 0.2) is 0 Å². The standard InChI is InChI=1S/C37H74O2/c1-3-5-7-9-11-13-15-17-19-20-21-22-24-26-28-30-32-34-36-39-37(38)35-33-31-29-27-25-23-18-16-14-12-10-8-6-4-2/h3-36H2,1-2H3. The first-order valence-corrected chi connectivity index (χ1v) is 18.5. The first-order valence-electron chi connectivity index (χ1n) is 18.5. The van der Waals surface area contributed by atoms with Crippen molar-refractivity contribution in [3.05, 3.63) is 0 Å². The summed E-state index contributed by atoms with van der Waals surface area (Å²) < 4.78 is 5.45. The molecule has 0 unspecified atom stereocenters. The van der Waals surface area contributed by atoms with E-state index in [2.05, 4.69) is 13.8 Å². The lowest BCUT2D eigenvalue weighted by Gasteiger charge is -2.06. The summed E-state index contributed by atoms with van der Waals surface area (Å²) in [5, 5.41) is 0. The predicted molar refractivity (Wildman–Crippen MR) is 175 cm³/mol. The summed E-state index contributed by atoms with van der Waals surface area (Å²) in [6.45, 7) is 5.22. The van der Waals surface area contributed by atoms with Gasteiger partial charge in [-0.05, 0) is 12.8 Å². The summed E-state index contributed by atoms with van der Waals surface area (Å²) >= 11 is 0. The highest BCUT2D eigenvalue weighted by Crippen LogP contribution is 2.15. The number of ether oxygens (including phenoxy) is 1. The van der Waals surface area contributed by atoms with Gasteiger partial charge in [-0.1, -0.05) is 206 Å². The molecule has 234 valence electrons. The van der Waals surface area contributed by atoms with E-state index in [1.54, 1.807) is 0 Å². The molecule has 0 bridgehead atoms. The van der Waals surface area contributed by atoms with Gasteiger partial charge in [-0.2, -0.15) is 0 Å². The van der Waals surface area contributed by atoms with E-state index < -0.39 is 0 Å². The Hall–Kier alpha value is -0.530. The van der Waals surface area contributed by atoms with Gasteiger partial charge in [0.1, 0.15) is 0 Å². The molecule has 0 aromatic rings. The second-order valence-electron chi connectivity index (χ2n) is 12.6. The summed E-state index contributed by atoms with van der Waals surface area (Å²) in [7, 11) is 0. The fraction of sp³-hybridized carbons (Fsp3) is 0.973. The third-order valence-electron chi connectivity index (χ3n) is 8.50. The summed E-state index contributed by atoms with van der Waals surface area (Å²) in [6, 6.07) is 0. The van der Waals surface area contributed by atoms with Crippen LogP contribution in [0, 0.1) is 0 Å². The van der Waals surface area contributed by atoms with Gasteiger partial charge in [0, 0.05) is 6.42 Å². The maximum atomic E-state index is 11.9. The lowest BCUT2D eigenvalue weighted by molar-refractivity contribution is -0.143. The number of hydrogen-bond acceptors (Lipinski definition) is 2. The minimum absolute atomic E-state index is 0.0286. The Kier molecular flexibility index (Phi) is 35.0. The molecule has 0 heterocycles. The van der Waals surface area contributed by atoms with Crippen molar-refractivity contribution >= 4 is 5.97 Å². The zero-order valence-electron chi connectivity index (χ0n) is 27.4. The van der Waals surface area contributed by atoms with Crippen molar-refractivity contribution in [2.24, 2.45) is 0 Å². The molecule has 39 heavy (non-hydrogen) atoms. The molecule has 2 heteroatoms. The van der Waals surface area contributed by atoms with Gasteiger partial charge in [0.15, 0.2) is 0 Å². The lowest BCUT2D eigenvalue weighted by atomic mass is 10.0. The van der Waals surface area contributed by atoms with Crippen LogP contribution in [0.3, 0.4) is 0 Å². The van der Waals surface area contributed by atoms with Gasteiger partial charge in [0.05, 0.1) is 6.61 Å². The molecule has 0 aliphatic rings. The molecule has 0 fully saturated rings. The van der Waals surface area contributed by atoms with E-state index >= 15 is 0 Å². The van der Waals surface area contributed by atoms with Crippen molar-refractivity contribution in [3.63, 3.8) is 0 Å². The van der Waals surface area contributed by atoms with E-state index in [0.717, 1.165) is 12.8 Å².